The molecule has 21 heavy (non-hydrogen) atoms. The van der Waals surface area contributed by atoms with Gasteiger partial charge in [0.15, 0.2) is 0 Å². The predicted molar refractivity (Wildman–Crippen MR) is 83.8 cm³/mol. The molecule has 0 spiro atoms. The van der Waals surface area contributed by atoms with E-state index in [2.05, 4.69) is 15.7 Å². The number of benzene rings is 1. The lowest BCUT2D eigenvalue weighted by Gasteiger charge is -2.11. The average Bonchev–Trinajstić information content (AvgIpc) is 3.13. The molecule has 1 saturated heterocycles. The van der Waals surface area contributed by atoms with Gasteiger partial charge in [0.1, 0.15) is 0 Å². The summed E-state index contributed by atoms with van der Waals surface area (Å²) in [7, 11) is 0. The molecule has 2 heterocycles. The minimum atomic E-state index is 0. The van der Waals surface area contributed by atoms with Crippen LogP contribution in [0.5, 0.6) is 0 Å². The Labute approximate surface area is 130 Å². The molecule has 0 bridgehead atoms. The summed E-state index contributed by atoms with van der Waals surface area (Å²) in [6, 6.07) is 9.85. The molecule has 1 aromatic heterocycles. The van der Waals surface area contributed by atoms with E-state index in [1.165, 1.54) is 0 Å². The van der Waals surface area contributed by atoms with Crippen molar-refractivity contribution in [2.24, 2.45) is 0 Å². The van der Waals surface area contributed by atoms with E-state index in [1.807, 2.05) is 41.2 Å². The van der Waals surface area contributed by atoms with E-state index in [1.54, 1.807) is 6.20 Å². The van der Waals surface area contributed by atoms with E-state index in [-0.39, 0.29) is 24.4 Å². The van der Waals surface area contributed by atoms with Crippen molar-refractivity contribution in [1.29, 1.82) is 0 Å². The van der Waals surface area contributed by atoms with Crippen molar-refractivity contribution < 1.29 is 4.79 Å². The molecule has 3 rings (SSSR count). The van der Waals surface area contributed by atoms with Gasteiger partial charge >= 0.3 is 0 Å². The van der Waals surface area contributed by atoms with Gasteiger partial charge in [-0.15, -0.1) is 12.4 Å². The van der Waals surface area contributed by atoms with Crippen LogP contribution in [0.4, 0.5) is 0 Å². The highest BCUT2D eigenvalue weighted by Gasteiger charge is 2.17. The molecule has 6 heteroatoms. The topological polar surface area (TPSA) is 59.0 Å². The van der Waals surface area contributed by atoms with Crippen LogP contribution in [-0.2, 0) is 6.54 Å². The van der Waals surface area contributed by atoms with Gasteiger partial charge in [0.2, 0.25) is 0 Å². The van der Waals surface area contributed by atoms with Gasteiger partial charge in [-0.25, -0.2) is 0 Å². The minimum Gasteiger partial charge on any atom is -0.348 e. The summed E-state index contributed by atoms with van der Waals surface area (Å²) < 4.78 is 1.86. The Balaban J connectivity index is 0.00000161. The molecule has 0 saturated carbocycles. The molecule has 1 fully saturated rings. The normalized spacial score (nSPS) is 17.2. The maximum Gasteiger partial charge on any atom is 0.251 e. The van der Waals surface area contributed by atoms with Crippen LogP contribution in [0, 0.1) is 0 Å². The smallest absolute Gasteiger partial charge is 0.251 e. The molecule has 112 valence electrons. The zero-order valence-corrected chi connectivity index (χ0v) is 12.5. The second kappa shape index (κ2) is 7.24. The molecule has 1 aliphatic heterocycles. The summed E-state index contributed by atoms with van der Waals surface area (Å²) >= 11 is 0. The largest absolute Gasteiger partial charge is 0.348 e. The number of hydrogen-bond acceptors (Lipinski definition) is 3. The number of amides is 1. The van der Waals surface area contributed by atoms with E-state index in [0.717, 1.165) is 31.6 Å². The fraction of sp³-hybridized carbons (Fsp3) is 0.333. The van der Waals surface area contributed by atoms with Crippen molar-refractivity contribution >= 4 is 18.3 Å². The number of aromatic nitrogens is 2. The second-order valence-electron chi connectivity index (χ2n) is 5.06. The van der Waals surface area contributed by atoms with Crippen LogP contribution in [0.3, 0.4) is 0 Å². The van der Waals surface area contributed by atoms with Crippen molar-refractivity contribution in [1.82, 2.24) is 20.4 Å². The van der Waals surface area contributed by atoms with E-state index in [0.29, 0.717) is 5.56 Å². The Hall–Kier alpha value is -1.85. The Kier molecular flexibility index (Phi) is 5.36. The molecular weight excluding hydrogens is 288 g/mol. The van der Waals surface area contributed by atoms with Crippen molar-refractivity contribution in [3.63, 3.8) is 0 Å². The third-order valence-electron chi connectivity index (χ3n) is 3.52. The number of carbonyl (C=O) groups excluding carboxylic acids is 1. The quantitative estimate of drug-likeness (QED) is 0.899. The number of carbonyl (C=O) groups is 1. The summed E-state index contributed by atoms with van der Waals surface area (Å²) in [5.41, 5.74) is 1.84. The van der Waals surface area contributed by atoms with E-state index in [4.69, 9.17) is 0 Å². The predicted octanol–water partition coefficient (Wildman–Crippen LogP) is 1.44. The number of rotatable bonds is 4. The SMILES string of the molecule is Cl.O=C(NC1CCNC1)c1ccc(Cn2cccn2)cc1. The van der Waals surface area contributed by atoms with Crippen molar-refractivity contribution in [2.45, 2.75) is 19.0 Å². The maximum absolute atomic E-state index is 12.1. The molecular formula is C15H19ClN4O. The molecule has 1 unspecified atom stereocenters. The van der Waals surface area contributed by atoms with Crippen LogP contribution in [0.1, 0.15) is 22.3 Å². The van der Waals surface area contributed by atoms with Gasteiger partial charge in [-0.1, -0.05) is 12.1 Å². The van der Waals surface area contributed by atoms with Crippen molar-refractivity contribution in [3.8, 4) is 0 Å². The number of hydrogen-bond donors (Lipinski definition) is 2. The standard InChI is InChI=1S/C15H18N4O.ClH/c20-15(18-14-6-8-16-10-14)13-4-2-12(3-5-13)11-19-9-1-7-17-19;/h1-5,7,9,14,16H,6,8,10-11H2,(H,18,20);1H. The minimum absolute atomic E-state index is 0. The molecule has 1 amide bonds. The van der Waals surface area contributed by atoms with Gasteiger partial charge in [-0.3, -0.25) is 9.48 Å². The van der Waals surface area contributed by atoms with Gasteiger partial charge < -0.3 is 10.6 Å². The third kappa shape index (κ3) is 4.06. The van der Waals surface area contributed by atoms with E-state index >= 15 is 0 Å². The van der Waals surface area contributed by atoms with Crippen LogP contribution in [-0.4, -0.2) is 34.8 Å². The lowest BCUT2D eigenvalue weighted by molar-refractivity contribution is 0.0940. The highest BCUT2D eigenvalue weighted by molar-refractivity contribution is 5.94. The first kappa shape index (κ1) is 15.5. The Morgan fingerprint density at radius 3 is 2.81 bits per heavy atom. The van der Waals surface area contributed by atoms with Crippen molar-refractivity contribution in [2.75, 3.05) is 13.1 Å². The van der Waals surface area contributed by atoms with Crippen molar-refractivity contribution in [3.05, 3.63) is 53.9 Å². The van der Waals surface area contributed by atoms with Crippen LogP contribution in [0.2, 0.25) is 0 Å². The second-order valence-corrected chi connectivity index (χ2v) is 5.06. The molecule has 2 aromatic rings. The highest BCUT2D eigenvalue weighted by Crippen LogP contribution is 2.07. The molecule has 2 N–H and O–H groups in total. The summed E-state index contributed by atoms with van der Waals surface area (Å²) in [5.74, 6) is 0.00402. The molecule has 5 nitrogen and oxygen atoms in total. The summed E-state index contributed by atoms with van der Waals surface area (Å²) in [6.45, 7) is 2.57. The summed E-state index contributed by atoms with van der Waals surface area (Å²) in [6.07, 6.45) is 4.69. The number of nitrogens with zero attached hydrogens (tertiary/aromatic N) is 2. The van der Waals surface area contributed by atoms with E-state index in [9.17, 15) is 4.79 Å². The first-order chi connectivity index (χ1) is 9.81. The monoisotopic (exact) mass is 306 g/mol. The first-order valence-electron chi connectivity index (χ1n) is 6.89. The zero-order chi connectivity index (χ0) is 13.8. The molecule has 1 aromatic carbocycles. The van der Waals surface area contributed by atoms with Crippen LogP contribution in [0.25, 0.3) is 0 Å². The molecule has 0 aliphatic carbocycles. The van der Waals surface area contributed by atoms with Gasteiger partial charge in [-0.2, -0.15) is 5.10 Å². The number of halogens is 1. The van der Waals surface area contributed by atoms with Crippen LogP contribution >= 0.6 is 12.4 Å². The third-order valence-corrected chi connectivity index (χ3v) is 3.52. The Morgan fingerprint density at radius 2 is 2.19 bits per heavy atom. The van der Waals surface area contributed by atoms with Gasteiger partial charge in [0.25, 0.3) is 5.91 Å². The van der Waals surface area contributed by atoms with E-state index < -0.39 is 0 Å². The Bertz CT molecular complexity index is 562. The Morgan fingerprint density at radius 1 is 1.38 bits per heavy atom. The van der Waals surface area contributed by atoms with Gasteiger partial charge in [0, 0.05) is 30.5 Å². The fourth-order valence-electron chi connectivity index (χ4n) is 2.39. The highest BCUT2D eigenvalue weighted by atomic mass is 35.5. The maximum atomic E-state index is 12.1. The van der Waals surface area contributed by atoms with Gasteiger partial charge in [-0.05, 0) is 36.7 Å². The molecule has 1 aliphatic rings. The molecule has 1 atom stereocenters. The fourth-order valence-corrected chi connectivity index (χ4v) is 2.39. The summed E-state index contributed by atoms with van der Waals surface area (Å²) in [5, 5.41) is 10.4. The zero-order valence-electron chi connectivity index (χ0n) is 11.7. The number of nitrogens with one attached hydrogen (secondary N) is 2. The first-order valence-corrected chi connectivity index (χ1v) is 6.89. The van der Waals surface area contributed by atoms with Crippen LogP contribution in [0.15, 0.2) is 42.7 Å². The van der Waals surface area contributed by atoms with Gasteiger partial charge in [0.05, 0.1) is 6.54 Å². The molecule has 0 radical (unpaired) electrons. The average molecular weight is 307 g/mol. The lowest BCUT2D eigenvalue weighted by Crippen LogP contribution is -2.36. The van der Waals surface area contributed by atoms with Crippen LogP contribution < -0.4 is 10.6 Å². The lowest BCUT2D eigenvalue weighted by atomic mass is 10.1. The summed E-state index contributed by atoms with van der Waals surface area (Å²) in [4.78, 5) is 12.1.